The van der Waals surface area contributed by atoms with Crippen molar-refractivity contribution in [3.8, 4) is 6.07 Å². The minimum absolute atomic E-state index is 0.215. The maximum absolute atomic E-state index is 9.04. The zero-order valence-electron chi connectivity index (χ0n) is 12.1. The van der Waals surface area contributed by atoms with Crippen LogP contribution in [0.15, 0.2) is 12.1 Å². The molecule has 114 valence electrons. The largest absolute Gasteiger partial charge is 0.366 e. The summed E-state index contributed by atoms with van der Waals surface area (Å²) < 4.78 is 5.75. The number of rotatable bonds is 3. The lowest BCUT2D eigenvalue weighted by atomic mass is 10.2. The van der Waals surface area contributed by atoms with Gasteiger partial charge < -0.3 is 9.64 Å². The number of nitrogens with one attached hydrogen (secondary N) is 1. The molecule has 0 radical (unpaired) electrons. The van der Waals surface area contributed by atoms with Gasteiger partial charge in [0.15, 0.2) is 11.5 Å². The van der Waals surface area contributed by atoms with Gasteiger partial charge >= 0.3 is 0 Å². The topological polar surface area (TPSA) is 90.7 Å². The average Bonchev–Trinajstić information content (AvgIpc) is 3.04. The fourth-order valence-electron chi connectivity index (χ4n) is 2.31. The quantitative estimate of drug-likeness (QED) is 0.929. The van der Waals surface area contributed by atoms with E-state index in [1.54, 1.807) is 12.1 Å². The van der Waals surface area contributed by atoms with Gasteiger partial charge in [0, 0.05) is 13.0 Å². The molecule has 1 aliphatic rings. The van der Waals surface area contributed by atoms with Crippen LogP contribution in [0.1, 0.15) is 30.4 Å². The zero-order valence-corrected chi connectivity index (χ0v) is 12.8. The molecular formula is C14H15ClN6O. The molecule has 3 heterocycles. The summed E-state index contributed by atoms with van der Waals surface area (Å²) in [6.45, 7) is 3.84. The van der Waals surface area contributed by atoms with E-state index >= 15 is 0 Å². The lowest BCUT2D eigenvalue weighted by molar-refractivity contribution is 0.0339. The maximum atomic E-state index is 9.04. The van der Waals surface area contributed by atoms with E-state index in [9.17, 15) is 0 Å². The lowest BCUT2D eigenvalue weighted by Gasteiger charge is -2.32. The highest BCUT2D eigenvalue weighted by Crippen LogP contribution is 2.25. The second-order valence-corrected chi connectivity index (χ2v) is 5.32. The number of aryl methyl sites for hydroxylation is 1. The van der Waals surface area contributed by atoms with Crippen LogP contribution in [0.4, 0.5) is 5.82 Å². The Morgan fingerprint density at radius 1 is 1.50 bits per heavy atom. The summed E-state index contributed by atoms with van der Waals surface area (Å²) in [5.41, 5.74) is 0.230. The third kappa shape index (κ3) is 2.89. The summed E-state index contributed by atoms with van der Waals surface area (Å²) in [7, 11) is 0. The molecule has 2 aromatic heterocycles. The summed E-state index contributed by atoms with van der Waals surface area (Å²) in [5, 5.41) is 16.5. The number of morpholine rings is 1. The van der Waals surface area contributed by atoms with Crippen LogP contribution in [-0.2, 0) is 11.2 Å². The van der Waals surface area contributed by atoms with E-state index in [0.29, 0.717) is 36.4 Å². The summed E-state index contributed by atoms with van der Waals surface area (Å²) in [5.74, 6) is 2.20. The minimum Gasteiger partial charge on any atom is -0.366 e. The fourth-order valence-corrected chi connectivity index (χ4v) is 2.46. The molecule has 0 aliphatic carbocycles. The van der Waals surface area contributed by atoms with Crippen molar-refractivity contribution < 1.29 is 4.74 Å². The molecule has 0 bridgehead atoms. The number of hydrogen-bond acceptors (Lipinski definition) is 6. The van der Waals surface area contributed by atoms with E-state index < -0.39 is 0 Å². The van der Waals surface area contributed by atoms with Crippen molar-refractivity contribution in [1.29, 1.82) is 5.26 Å². The van der Waals surface area contributed by atoms with E-state index in [1.807, 2.05) is 17.9 Å². The van der Waals surface area contributed by atoms with Crippen LogP contribution in [0.3, 0.4) is 0 Å². The number of pyridine rings is 1. The number of aromatic nitrogens is 4. The number of halogens is 1. The Bertz CT molecular complexity index is 710. The molecule has 1 aliphatic heterocycles. The Balaban J connectivity index is 1.79. The lowest BCUT2D eigenvalue weighted by Crippen LogP contribution is -2.39. The van der Waals surface area contributed by atoms with Crippen molar-refractivity contribution in [2.24, 2.45) is 0 Å². The number of H-pyrrole nitrogens is 1. The molecule has 0 aromatic carbocycles. The van der Waals surface area contributed by atoms with Crippen molar-refractivity contribution in [2.75, 3.05) is 24.6 Å². The van der Waals surface area contributed by atoms with Crippen LogP contribution < -0.4 is 4.90 Å². The Morgan fingerprint density at radius 2 is 2.36 bits per heavy atom. The molecule has 0 spiro atoms. The highest BCUT2D eigenvalue weighted by molar-refractivity contribution is 6.31. The van der Waals surface area contributed by atoms with Gasteiger partial charge in [-0.2, -0.15) is 10.4 Å². The molecular weight excluding hydrogens is 304 g/mol. The summed E-state index contributed by atoms with van der Waals surface area (Å²) in [4.78, 5) is 10.8. The highest BCUT2D eigenvalue weighted by atomic mass is 35.5. The standard InChI is InChI=1S/C14H15ClN6O/c1-2-12-18-14(20-19-12)11-8-21(5-6-22-11)13-4-3-9(15)10(7-16)17-13/h3-4,11H,2,5-6,8H2,1H3,(H,18,19,20). The van der Waals surface area contributed by atoms with E-state index in [4.69, 9.17) is 21.6 Å². The number of aromatic amines is 1. The minimum atomic E-state index is -0.215. The molecule has 3 rings (SSSR count). The summed E-state index contributed by atoms with van der Waals surface area (Å²) in [6.07, 6.45) is 0.585. The van der Waals surface area contributed by atoms with Crippen molar-refractivity contribution in [2.45, 2.75) is 19.4 Å². The average molecular weight is 319 g/mol. The second-order valence-electron chi connectivity index (χ2n) is 4.91. The molecule has 1 saturated heterocycles. The van der Waals surface area contributed by atoms with Crippen LogP contribution in [0, 0.1) is 11.3 Å². The molecule has 1 N–H and O–H groups in total. The summed E-state index contributed by atoms with van der Waals surface area (Å²) in [6, 6.07) is 5.49. The highest BCUT2D eigenvalue weighted by Gasteiger charge is 2.26. The molecule has 1 unspecified atom stereocenters. The Morgan fingerprint density at radius 3 is 3.09 bits per heavy atom. The van der Waals surface area contributed by atoms with E-state index in [0.717, 1.165) is 12.2 Å². The van der Waals surface area contributed by atoms with Crippen molar-refractivity contribution >= 4 is 17.4 Å². The number of ether oxygens (including phenoxy) is 1. The number of hydrogen-bond donors (Lipinski definition) is 1. The van der Waals surface area contributed by atoms with Crippen LogP contribution in [0.5, 0.6) is 0 Å². The van der Waals surface area contributed by atoms with Gasteiger partial charge in [0.25, 0.3) is 0 Å². The molecule has 1 atom stereocenters. The first-order valence-electron chi connectivity index (χ1n) is 7.05. The smallest absolute Gasteiger partial charge is 0.181 e. The first-order chi connectivity index (χ1) is 10.7. The third-order valence-electron chi connectivity index (χ3n) is 3.50. The monoisotopic (exact) mass is 318 g/mol. The molecule has 22 heavy (non-hydrogen) atoms. The van der Waals surface area contributed by atoms with Gasteiger partial charge in [-0.05, 0) is 12.1 Å². The summed E-state index contributed by atoms with van der Waals surface area (Å²) >= 11 is 5.93. The predicted molar refractivity (Wildman–Crippen MR) is 80.6 cm³/mol. The number of nitriles is 1. The SMILES string of the molecule is CCc1nc(C2CN(c3ccc(Cl)c(C#N)n3)CCO2)n[nH]1. The number of nitrogens with zero attached hydrogens (tertiary/aromatic N) is 5. The van der Waals surface area contributed by atoms with Crippen LogP contribution in [-0.4, -0.2) is 39.9 Å². The van der Waals surface area contributed by atoms with E-state index in [-0.39, 0.29) is 11.8 Å². The van der Waals surface area contributed by atoms with Crippen LogP contribution in [0.2, 0.25) is 5.02 Å². The van der Waals surface area contributed by atoms with Gasteiger partial charge in [-0.3, -0.25) is 5.10 Å². The van der Waals surface area contributed by atoms with Crippen molar-refractivity contribution in [3.05, 3.63) is 34.5 Å². The van der Waals surface area contributed by atoms with Gasteiger partial charge in [-0.1, -0.05) is 18.5 Å². The van der Waals surface area contributed by atoms with Gasteiger partial charge in [-0.25, -0.2) is 9.97 Å². The first kappa shape index (κ1) is 14.8. The maximum Gasteiger partial charge on any atom is 0.181 e. The first-order valence-corrected chi connectivity index (χ1v) is 7.43. The van der Waals surface area contributed by atoms with Crippen LogP contribution in [0.25, 0.3) is 0 Å². The Hall–Kier alpha value is -2.17. The van der Waals surface area contributed by atoms with Crippen molar-refractivity contribution in [1.82, 2.24) is 20.2 Å². The predicted octanol–water partition coefficient (Wildman–Crippen LogP) is 1.87. The Labute approximate surface area is 132 Å². The molecule has 8 heteroatoms. The van der Waals surface area contributed by atoms with Gasteiger partial charge in [0.05, 0.1) is 18.2 Å². The third-order valence-corrected chi connectivity index (χ3v) is 3.80. The molecule has 1 fully saturated rings. The van der Waals surface area contributed by atoms with Gasteiger partial charge in [0.1, 0.15) is 23.8 Å². The molecule has 2 aromatic rings. The molecule has 7 nitrogen and oxygen atoms in total. The van der Waals surface area contributed by atoms with Gasteiger partial charge in [0.2, 0.25) is 0 Å². The van der Waals surface area contributed by atoms with Crippen LogP contribution >= 0.6 is 11.6 Å². The molecule has 0 amide bonds. The van der Waals surface area contributed by atoms with E-state index in [1.165, 1.54) is 0 Å². The second kappa shape index (κ2) is 6.30. The molecule has 0 saturated carbocycles. The number of anilines is 1. The fraction of sp³-hybridized carbons (Fsp3) is 0.429. The normalized spacial score (nSPS) is 18.2. The Kier molecular flexibility index (Phi) is 4.22. The van der Waals surface area contributed by atoms with E-state index in [2.05, 4.69) is 20.2 Å². The van der Waals surface area contributed by atoms with Gasteiger partial charge in [-0.15, -0.1) is 0 Å². The van der Waals surface area contributed by atoms with Crippen molar-refractivity contribution in [3.63, 3.8) is 0 Å². The zero-order chi connectivity index (χ0) is 15.5.